The second-order valence-electron chi connectivity index (χ2n) is 1.35. The van der Waals surface area contributed by atoms with Gasteiger partial charge in [-0.3, -0.25) is 0 Å². The van der Waals surface area contributed by atoms with Crippen LogP contribution >= 0.6 is 0 Å². The van der Waals surface area contributed by atoms with Gasteiger partial charge >= 0.3 is 0 Å². The summed E-state index contributed by atoms with van der Waals surface area (Å²) in [4.78, 5) is 0. The topological polar surface area (TPSA) is 52.6 Å². The molecule has 0 radical (unpaired) electrons. The van der Waals surface area contributed by atoms with Gasteiger partial charge in [0.2, 0.25) is 0 Å². The molecule has 0 fully saturated rings. The van der Waals surface area contributed by atoms with Crippen molar-refractivity contribution in [1.29, 1.82) is 0 Å². The monoisotopic (exact) mass is 154 g/mol. The average molecular weight is 154 g/mol. The molecule has 4 nitrogen and oxygen atoms in total. The molecule has 0 aromatic heterocycles. The van der Waals surface area contributed by atoms with Crippen LogP contribution in [0.1, 0.15) is 13.8 Å². The van der Waals surface area contributed by atoms with E-state index < -0.39 is 17.3 Å². The molecule has 0 aliphatic heterocycles. The number of rotatable bonds is 4. The minimum absolute atomic E-state index is 0.449. The minimum atomic E-state index is -2.78. The van der Waals surface area contributed by atoms with E-state index in [1.54, 1.807) is 6.92 Å². The molecule has 0 aliphatic carbocycles. The Hall–Kier alpha value is -0.130. The van der Waals surface area contributed by atoms with Gasteiger partial charge in [-0.15, -0.1) is 0 Å². The molecule has 0 saturated carbocycles. The van der Waals surface area contributed by atoms with Gasteiger partial charge in [0.15, 0.2) is 6.29 Å². The summed E-state index contributed by atoms with van der Waals surface area (Å²) >= 11 is 0. The van der Waals surface area contributed by atoms with E-state index in [-0.39, 0.29) is 0 Å². The van der Waals surface area contributed by atoms with Gasteiger partial charge < -0.3 is 4.74 Å². The van der Waals surface area contributed by atoms with Crippen molar-refractivity contribution >= 4 is 11.0 Å². The minimum Gasteiger partial charge on any atom is -0.352 e. The van der Waals surface area contributed by atoms with Crippen LogP contribution < -0.4 is 0 Å². The normalized spacial score (nSPS) is 14.1. The van der Waals surface area contributed by atoms with E-state index in [9.17, 15) is 8.42 Å². The molecule has 0 bridgehead atoms. The fourth-order valence-corrected chi connectivity index (χ4v) is 0.690. The number of hydrogen-bond acceptors (Lipinski definition) is 4. The summed E-state index contributed by atoms with van der Waals surface area (Å²) in [5, 5.41) is 0. The highest BCUT2D eigenvalue weighted by Crippen LogP contribution is 1.91. The van der Waals surface area contributed by atoms with E-state index >= 15 is 0 Å². The lowest BCUT2D eigenvalue weighted by molar-refractivity contribution is -0.0544. The van der Waals surface area contributed by atoms with Gasteiger partial charge in [0.1, 0.15) is 0 Å². The molecule has 0 aromatic carbocycles. The molecule has 0 rings (SSSR count). The average Bonchev–Trinajstić information content (AvgIpc) is 1.63. The van der Waals surface area contributed by atoms with Gasteiger partial charge in [-0.2, -0.15) is 0 Å². The lowest BCUT2D eigenvalue weighted by atomic mass is 10.7. The van der Waals surface area contributed by atoms with E-state index in [4.69, 9.17) is 4.74 Å². The third-order valence-corrected chi connectivity index (χ3v) is 1.10. The Kier molecular flexibility index (Phi) is 4.65. The maximum atomic E-state index is 9.82. The fraction of sp³-hybridized carbons (Fsp3) is 1.00. The van der Waals surface area contributed by atoms with E-state index in [1.165, 1.54) is 6.92 Å². The molecule has 0 heterocycles. The molecule has 0 N–H and O–H groups in total. The lowest BCUT2D eigenvalue weighted by Crippen LogP contribution is -2.11. The zero-order valence-corrected chi connectivity index (χ0v) is 6.26. The third-order valence-electron chi connectivity index (χ3n) is 0.636. The van der Waals surface area contributed by atoms with Crippen molar-refractivity contribution in [2.45, 2.75) is 20.1 Å². The molecule has 5 heteroatoms. The van der Waals surface area contributed by atoms with Gasteiger partial charge in [-0.05, 0) is 13.8 Å². The summed E-state index contributed by atoms with van der Waals surface area (Å²) in [6, 6.07) is 0. The van der Waals surface area contributed by atoms with Crippen LogP contribution in [0.15, 0.2) is 0 Å². The number of ether oxygens (including phenoxy) is 1. The molecule has 0 amide bonds. The van der Waals surface area contributed by atoms with E-state index in [2.05, 4.69) is 4.18 Å². The smallest absolute Gasteiger partial charge is 0.259 e. The SMILES string of the molecule is CCOC(C)O[SH](=O)=O. The maximum absolute atomic E-state index is 9.82. The Balaban J connectivity index is 3.37. The van der Waals surface area contributed by atoms with Crippen molar-refractivity contribution in [3.63, 3.8) is 0 Å². The number of thiol groups is 1. The van der Waals surface area contributed by atoms with Gasteiger partial charge in [0, 0.05) is 6.61 Å². The molecule has 1 unspecified atom stereocenters. The zero-order valence-electron chi connectivity index (χ0n) is 5.36. The van der Waals surface area contributed by atoms with Crippen molar-refractivity contribution in [2.24, 2.45) is 0 Å². The first-order chi connectivity index (χ1) is 4.16. The van der Waals surface area contributed by atoms with Crippen molar-refractivity contribution in [3.8, 4) is 0 Å². The van der Waals surface area contributed by atoms with Crippen molar-refractivity contribution in [3.05, 3.63) is 0 Å². The summed E-state index contributed by atoms with van der Waals surface area (Å²) in [5.41, 5.74) is 0. The highest BCUT2D eigenvalue weighted by atomic mass is 32.2. The highest BCUT2D eigenvalue weighted by molar-refractivity contribution is 7.67. The van der Waals surface area contributed by atoms with Crippen molar-refractivity contribution in [2.75, 3.05) is 6.61 Å². The predicted octanol–water partition coefficient (Wildman–Crippen LogP) is -0.0881. The summed E-state index contributed by atoms with van der Waals surface area (Å²) in [5.74, 6) is 0. The van der Waals surface area contributed by atoms with E-state index in [1.807, 2.05) is 0 Å². The lowest BCUT2D eigenvalue weighted by Gasteiger charge is -2.05. The molecule has 0 aromatic rings. The number of hydrogen-bond donors (Lipinski definition) is 1. The van der Waals surface area contributed by atoms with Crippen LogP contribution in [0.5, 0.6) is 0 Å². The largest absolute Gasteiger partial charge is 0.352 e. The Bertz CT molecular complexity index is 123. The Labute approximate surface area is 55.9 Å². The van der Waals surface area contributed by atoms with Crippen LogP contribution in [0.25, 0.3) is 0 Å². The zero-order chi connectivity index (χ0) is 7.28. The highest BCUT2D eigenvalue weighted by Gasteiger charge is 1.99. The maximum Gasteiger partial charge on any atom is 0.259 e. The summed E-state index contributed by atoms with van der Waals surface area (Å²) in [6.07, 6.45) is -0.656. The molecule has 0 aliphatic rings. The van der Waals surface area contributed by atoms with Crippen molar-refractivity contribution in [1.82, 2.24) is 0 Å². The van der Waals surface area contributed by atoms with Crippen LogP contribution in [-0.2, 0) is 19.9 Å². The molecule has 1 atom stereocenters. The first-order valence-electron chi connectivity index (χ1n) is 2.59. The first-order valence-corrected chi connectivity index (χ1v) is 3.69. The van der Waals surface area contributed by atoms with Gasteiger partial charge in [-0.25, -0.2) is 12.6 Å². The van der Waals surface area contributed by atoms with Crippen molar-refractivity contribution < 1.29 is 17.3 Å². The van der Waals surface area contributed by atoms with Crippen LogP contribution in [0, 0.1) is 0 Å². The molecule has 9 heavy (non-hydrogen) atoms. The summed E-state index contributed by atoms with van der Waals surface area (Å²) in [7, 11) is -2.78. The summed E-state index contributed by atoms with van der Waals surface area (Å²) in [6.45, 7) is 3.73. The van der Waals surface area contributed by atoms with Crippen LogP contribution in [0.4, 0.5) is 0 Å². The van der Waals surface area contributed by atoms with Gasteiger partial charge in [0.05, 0.1) is 0 Å². The molecule has 0 spiro atoms. The molecule has 0 saturated heterocycles. The second kappa shape index (κ2) is 4.72. The van der Waals surface area contributed by atoms with E-state index in [0.717, 1.165) is 0 Å². The fourth-order valence-electron chi connectivity index (χ4n) is 0.386. The molecular weight excluding hydrogens is 144 g/mol. The Morgan fingerprint density at radius 2 is 2.11 bits per heavy atom. The molecular formula is C4H10O4S. The second-order valence-corrected chi connectivity index (χ2v) is 2.01. The first kappa shape index (κ1) is 8.87. The Morgan fingerprint density at radius 3 is 2.44 bits per heavy atom. The summed E-state index contributed by atoms with van der Waals surface area (Å²) < 4.78 is 28.6. The van der Waals surface area contributed by atoms with Gasteiger partial charge in [-0.1, -0.05) is 0 Å². The van der Waals surface area contributed by atoms with Crippen LogP contribution in [0.2, 0.25) is 0 Å². The molecule has 56 valence electrons. The van der Waals surface area contributed by atoms with Crippen LogP contribution in [0.3, 0.4) is 0 Å². The predicted molar refractivity (Wildman–Crippen MR) is 32.5 cm³/mol. The van der Waals surface area contributed by atoms with E-state index in [0.29, 0.717) is 6.61 Å². The third kappa shape index (κ3) is 5.75. The van der Waals surface area contributed by atoms with Gasteiger partial charge in [0.25, 0.3) is 11.0 Å². The Morgan fingerprint density at radius 1 is 1.56 bits per heavy atom. The quantitative estimate of drug-likeness (QED) is 0.454. The standard InChI is InChI=1S/C4H10O4S/c1-3-7-4(2)8-9(5)6/h4,9H,3H2,1-2H3. The van der Waals surface area contributed by atoms with Crippen LogP contribution in [-0.4, -0.2) is 21.3 Å².